The highest BCUT2D eigenvalue weighted by Gasteiger charge is 2.18. The van der Waals surface area contributed by atoms with Crippen molar-refractivity contribution in [3.63, 3.8) is 0 Å². The van der Waals surface area contributed by atoms with Crippen LogP contribution in [-0.4, -0.2) is 26.0 Å². The van der Waals surface area contributed by atoms with E-state index in [0.29, 0.717) is 6.42 Å². The summed E-state index contributed by atoms with van der Waals surface area (Å²) < 4.78 is 0. The molecule has 3 nitrogen and oxygen atoms in total. The number of amides is 1. The van der Waals surface area contributed by atoms with Crippen LogP contribution in [0, 0.1) is 11.8 Å². The first-order valence-electron chi connectivity index (χ1n) is 6.13. The van der Waals surface area contributed by atoms with Crippen LogP contribution in [0.2, 0.25) is 0 Å². The molecule has 0 spiro atoms. The predicted octanol–water partition coefficient (Wildman–Crippen LogP) is 1.96. The second-order valence-electron chi connectivity index (χ2n) is 4.78. The van der Waals surface area contributed by atoms with Crippen molar-refractivity contribution in [2.24, 2.45) is 11.8 Å². The van der Waals surface area contributed by atoms with E-state index in [1.54, 1.807) is 0 Å². The van der Waals surface area contributed by atoms with Gasteiger partial charge in [0.15, 0.2) is 0 Å². The van der Waals surface area contributed by atoms with Crippen LogP contribution in [0.25, 0.3) is 0 Å². The van der Waals surface area contributed by atoms with Gasteiger partial charge in [0.1, 0.15) is 0 Å². The fourth-order valence-electron chi connectivity index (χ4n) is 2.12. The zero-order valence-corrected chi connectivity index (χ0v) is 11.2. The van der Waals surface area contributed by atoms with Gasteiger partial charge in [0.25, 0.3) is 0 Å². The minimum absolute atomic E-state index is 0. The number of carbonyl (C=O) groups excluding carboxylic acids is 1. The van der Waals surface area contributed by atoms with Crippen LogP contribution in [0.15, 0.2) is 0 Å². The number of halogens is 1. The minimum atomic E-state index is 0. The van der Waals surface area contributed by atoms with Gasteiger partial charge in [-0.15, -0.1) is 12.4 Å². The van der Waals surface area contributed by atoms with Crippen LogP contribution in [0.4, 0.5) is 0 Å². The van der Waals surface area contributed by atoms with Crippen molar-refractivity contribution < 1.29 is 4.79 Å². The Morgan fingerprint density at radius 1 is 1.25 bits per heavy atom. The fourth-order valence-corrected chi connectivity index (χ4v) is 2.12. The summed E-state index contributed by atoms with van der Waals surface area (Å²) in [6, 6.07) is 0. The topological polar surface area (TPSA) is 41.1 Å². The Hall–Kier alpha value is -0.280. The first kappa shape index (κ1) is 15.7. The Morgan fingerprint density at radius 3 is 2.44 bits per heavy atom. The van der Waals surface area contributed by atoms with E-state index in [1.807, 2.05) is 7.05 Å². The Balaban J connectivity index is 0.00000225. The molecule has 0 aromatic heterocycles. The summed E-state index contributed by atoms with van der Waals surface area (Å²) >= 11 is 0. The van der Waals surface area contributed by atoms with Gasteiger partial charge in [-0.25, -0.2) is 0 Å². The number of hydrogen-bond donors (Lipinski definition) is 2. The maximum absolute atomic E-state index is 11.4. The van der Waals surface area contributed by atoms with Gasteiger partial charge in [0.05, 0.1) is 0 Å². The van der Waals surface area contributed by atoms with E-state index >= 15 is 0 Å². The largest absolute Gasteiger partial charge is 0.356 e. The van der Waals surface area contributed by atoms with Crippen molar-refractivity contribution >= 4 is 18.3 Å². The van der Waals surface area contributed by atoms with E-state index in [0.717, 1.165) is 24.9 Å². The van der Waals surface area contributed by atoms with E-state index < -0.39 is 0 Å². The maximum Gasteiger partial charge on any atom is 0.221 e. The van der Waals surface area contributed by atoms with Crippen LogP contribution >= 0.6 is 12.4 Å². The summed E-state index contributed by atoms with van der Waals surface area (Å²) in [6.45, 7) is 3.98. The lowest BCUT2D eigenvalue weighted by Gasteiger charge is -2.26. The monoisotopic (exact) mass is 248 g/mol. The van der Waals surface area contributed by atoms with Crippen molar-refractivity contribution in [1.82, 2.24) is 10.6 Å². The lowest BCUT2D eigenvalue weighted by molar-refractivity contribution is -0.121. The zero-order valence-electron chi connectivity index (χ0n) is 10.4. The molecule has 0 aromatic rings. The molecule has 4 heteroatoms. The van der Waals surface area contributed by atoms with Gasteiger partial charge in [-0.2, -0.15) is 0 Å². The number of carbonyl (C=O) groups is 1. The summed E-state index contributed by atoms with van der Waals surface area (Å²) in [5.41, 5.74) is 0. The number of hydrogen-bond acceptors (Lipinski definition) is 2. The molecule has 16 heavy (non-hydrogen) atoms. The molecule has 0 radical (unpaired) electrons. The van der Waals surface area contributed by atoms with Crippen molar-refractivity contribution in [2.45, 2.75) is 39.0 Å². The molecule has 0 bridgehead atoms. The van der Waals surface area contributed by atoms with E-state index in [2.05, 4.69) is 17.6 Å². The molecule has 1 fully saturated rings. The van der Waals surface area contributed by atoms with Gasteiger partial charge in [-0.1, -0.05) is 19.8 Å². The average Bonchev–Trinajstić information content (AvgIpc) is 2.25. The third-order valence-electron chi connectivity index (χ3n) is 3.33. The van der Waals surface area contributed by atoms with Crippen molar-refractivity contribution in [1.29, 1.82) is 0 Å². The molecule has 0 saturated heterocycles. The molecule has 0 unspecified atom stereocenters. The molecule has 0 atom stereocenters. The summed E-state index contributed by atoms with van der Waals surface area (Å²) in [6.07, 6.45) is 5.83. The molecule has 1 rings (SSSR count). The van der Waals surface area contributed by atoms with Gasteiger partial charge < -0.3 is 10.6 Å². The molecule has 1 aliphatic rings. The smallest absolute Gasteiger partial charge is 0.221 e. The van der Waals surface area contributed by atoms with Crippen LogP contribution < -0.4 is 10.6 Å². The standard InChI is InChI=1S/C12H24N2O.ClH/c1-10-3-5-11(6-4-10)9-14-12(15)7-8-13-2;/h10-11,13H,3-9H2,1-2H3,(H,14,15);1H. The Labute approximate surface area is 105 Å². The highest BCUT2D eigenvalue weighted by atomic mass is 35.5. The number of nitrogens with one attached hydrogen (secondary N) is 2. The van der Waals surface area contributed by atoms with Crippen LogP contribution in [-0.2, 0) is 4.79 Å². The van der Waals surface area contributed by atoms with Crippen molar-refractivity contribution in [3.05, 3.63) is 0 Å². The molecule has 2 N–H and O–H groups in total. The van der Waals surface area contributed by atoms with Crippen LogP contribution in [0.1, 0.15) is 39.0 Å². The first-order valence-corrected chi connectivity index (χ1v) is 6.13. The minimum Gasteiger partial charge on any atom is -0.356 e. The maximum atomic E-state index is 11.4. The molecule has 96 valence electrons. The summed E-state index contributed by atoms with van der Waals surface area (Å²) in [5, 5.41) is 6.00. The van der Waals surface area contributed by atoms with Crippen molar-refractivity contribution in [2.75, 3.05) is 20.1 Å². The fraction of sp³-hybridized carbons (Fsp3) is 0.917. The van der Waals surface area contributed by atoms with Crippen LogP contribution in [0.3, 0.4) is 0 Å². The molecule has 0 aromatic carbocycles. The van der Waals surface area contributed by atoms with Crippen LogP contribution in [0.5, 0.6) is 0 Å². The highest BCUT2D eigenvalue weighted by Crippen LogP contribution is 2.27. The summed E-state index contributed by atoms with van der Waals surface area (Å²) in [5.74, 6) is 1.80. The third-order valence-corrected chi connectivity index (χ3v) is 3.33. The second kappa shape index (κ2) is 8.82. The highest BCUT2D eigenvalue weighted by molar-refractivity contribution is 5.85. The van der Waals surface area contributed by atoms with Gasteiger partial charge in [0.2, 0.25) is 5.91 Å². The quantitative estimate of drug-likeness (QED) is 0.781. The Kier molecular flexibility index (Phi) is 8.67. The lowest BCUT2D eigenvalue weighted by Crippen LogP contribution is -2.32. The molecular weight excluding hydrogens is 224 g/mol. The van der Waals surface area contributed by atoms with Crippen molar-refractivity contribution in [3.8, 4) is 0 Å². The summed E-state index contributed by atoms with van der Waals surface area (Å²) in [4.78, 5) is 11.4. The van der Waals surface area contributed by atoms with E-state index in [-0.39, 0.29) is 18.3 Å². The van der Waals surface area contributed by atoms with Gasteiger partial charge >= 0.3 is 0 Å². The van der Waals surface area contributed by atoms with Gasteiger partial charge in [-0.05, 0) is 31.7 Å². The molecule has 0 aliphatic heterocycles. The third kappa shape index (κ3) is 6.33. The molecule has 1 saturated carbocycles. The molecule has 1 aliphatic carbocycles. The second-order valence-corrected chi connectivity index (χ2v) is 4.78. The average molecular weight is 249 g/mol. The zero-order chi connectivity index (χ0) is 11.1. The normalized spacial score (nSPS) is 24.6. The van der Waals surface area contributed by atoms with E-state index in [4.69, 9.17) is 0 Å². The molecule has 0 heterocycles. The first-order chi connectivity index (χ1) is 7.22. The molecular formula is C12H25ClN2O. The van der Waals surface area contributed by atoms with E-state index in [1.165, 1.54) is 25.7 Å². The van der Waals surface area contributed by atoms with E-state index in [9.17, 15) is 4.79 Å². The molecule has 1 amide bonds. The number of rotatable bonds is 5. The Morgan fingerprint density at radius 2 is 1.88 bits per heavy atom. The Bertz CT molecular complexity index is 191. The SMILES string of the molecule is CNCCC(=O)NCC1CCC(C)CC1.Cl. The predicted molar refractivity (Wildman–Crippen MR) is 69.9 cm³/mol. The lowest BCUT2D eigenvalue weighted by atomic mass is 9.83. The van der Waals surface area contributed by atoms with Gasteiger partial charge in [0, 0.05) is 19.5 Å². The van der Waals surface area contributed by atoms with Gasteiger partial charge in [-0.3, -0.25) is 4.79 Å². The summed E-state index contributed by atoms with van der Waals surface area (Å²) in [7, 11) is 1.87.